The third-order valence-electron chi connectivity index (χ3n) is 4.06. The molecule has 0 bridgehead atoms. The summed E-state index contributed by atoms with van der Waals surface area (Å²) < 4.78 is 13.9. The molecule has 0 aromatic heterocycles. The van der Waals surface area contributed by atoms with Crippen LogP contribution in [0.2, 0.25) is 0 Å². The van der Waals surface area contributed by atoms with Gasteiger partial charge in [0.25, 0.3) is 0 Å². The van der Waals surface area contributed by atoms with E-state index in [9.17, 15) is 18.8 Å². The molecule has 0 radical (unpaired) electrons. The first-order chi connectivity index (χ1) is 12.9. The van der Waals surface area contributed by atoms with E-state index in [1.165, 1.54) is 28.9 Å². The van der Waals surface area contributed by atoms with Crippen molar-refractivity contribution < 1.29 is 18.8 Å². The summed E-state index contributed by atoms with van der Waals surface area (Å²) in [5, 5.41) is 5.33. The molecule has 27 heavy (non-hydrogen) atoms. The van der Waals surface area contributed by atoms with Gasteiger partial charge in [0.2, 0.25) is 11.8 Å². The average Bonchev–Trinajstić information content (AvgIpc) is 2.97. The quantitative estimate of drug-likeness (QED) is 0.849. The summed E-state index contributed by atoms with van der Waals surface area (Å²) in [6.45, 7) is 1.94. The lowest BCUT2D eigenvalue weighted by Crippen LogP contribution is -2.37. The fraction of sp³-hybridized carbons (Fsp3) is 0.211. The minimum Gasteiger partial charge on any atom is -0.326 e. The number of urea groups is 1. The van der Waals surface area contributed by atoms with Crippen molar-refractivity contribution >= 4 is 34.9 Å². The molecule has 0 saturated carbocycles. The summed E-state index contributed by atoms with van der Waals surface area (Å²) >= 11 is 0. The molecule has 0 spiro atoms. The normalized spacial score (nSPS) is 13.6. The monoisotopic (exact) mass is 370 g/mol. The van der Waals surface area contributed by atoms with Crippen molar-refractivity contribution in [3.63, 3.8) is 0 Å². The van der Waals surface area contributed by atoms with Gasteiger partial charge in [0.15, 0.2) is 0 Å². The van der Waals surface area contributed by atoms with Crippen molar-refractivity contribution in [3.8, 4) is 0 Å². The summed E-state index contributed by atoms with van der Waals surface area (Å²) in [4.78, 5) is 38.4. The van der Waals surface area contributed by atoms with Crippen LogP contribution in [0.1, 0.15) is 6.92 Å². The molecule has 1 saturated heterocycles. The lowest BCUT2D eigenvalue weighted by atomic mass is 10.2. The number of nitrogens with one attached hydrogen (secondary N) is 2. The second-order valence-corrected chi connectivity index (χ2v) is 6.11. The number of carbonyl (C=O) groups excluding carboxylic acids is 3. The molecule has 0 aliphatic carbocycles. The number of benzene rings is 2. The second kappa shape index (κ2) is 7.86. The van der Waals surface area contributed by atoms with Gasteiger partial charge in [-0.15, -0.1) is 0 Å². The Balaban J connectivity index is 1.58. The van der Waals surface area contributed by atoms with E-state index in [0.29, 0.717) is 24.5 Å². The third-order valence-corrected chi connectivity index (χ3v) is 4.06. The first-order valence-electron chi connectivity index (χ1n) is 8.42. The Kier molecular flexibility index (Phi) is 5.35. The summed E-state index contributed by atoms with van der Waals surface area (Å²) in [5.74, 6) is -1.01. The zero-order valence-corrected chi connectivity index (χ0v) is 14.7. The van der Waals surface area contributed by atoms with Gasteiger partial charge in [-0.1, -0.05) is 12.1 Å². The van der Waals surface area contributed by atoms with Crippen molar-refractivity contribution in [1.29, 1.82) is 0 Å². The Labute approximate surface area is 155 Å². The minimum absolute atomic E-state index is 0.128. The molecule has 2 N–H and O–H groups in total. The van der Waals surface area contributed by atoms with Gasteiger partial charge in [-0.25, -0.2) is 9.18 Å². The van der Waals surface area contributed by atoms with Gasteiger partial charge in [-0.05, 0) is 36.4 Å². The van der Waals surface area contributed by atoms with Crippen LogP contribution < -0.4 is 15.5 Å². The van der Waals surface area contributed by atoms with Gasteiger partial charge < -0.3 is 15.5 Å². The summed E-state index contributed by atoms with van der Waals surface area (Å²) in [6.07, 6.45) is 0. The first kappa shape index (κ1) is 18.4. The highest BCUT2D eigenvalue weighted by Crippen LogP contribution is 2.23. The van der Waals surface area contributed by atoms with Gasteiger partial charge in [0.05, 0.1) is 5.69 Å². The largest absolute Gasteiger partial charge is 0.326 e. The maximum atomic E-state index is 13.9. The predicted molar refractivity (Wildman–Crippen MR) is 100 cm³/mol. The number of para-hydroxylation sites is 1. The van der Waals surface area contributed by atoms with Crippen LogP contribution >= 0.6 is 0 Å². The highest BCUT2D eigenvalue weighted by molar-refractivity contribution is 5.99. The average molecular weight is 370 g/mol. The number of carbonyl (C=O) groups is 3. The molecule has 2 aromatic rings. The standard InChI is InChI=1S/C19H19FN4O3/c1-13(25)21-14-6-8-15(9-7-14)22-18(26)12-23-10-11-24(19(23)27)17-5-3-2-4-16(17)20/h2-9H,10-12H2,1H3,(H,21,25)(H,22,26). The van der Waals surface area contributed by atoms with E-state index in [0.717, 1.165) is 0 Å². The van der Waals surface area contributed by atoms with Crippen LogP contribution in [0.5, 0.6) is 0 Å². The molecule has 1 aliphatic rings. The van der Waals surface area contributed by atoms with Crippen LogP contribution in [0.4, 0.5) is 26.2 Å². The predicted octanol–water partition coefficient (Wildman–Crippen LogP) is 2.66. The van der Waals surface area contributed by atoms with Gasteiger partial charge in [-0.3, -0.25) is 14.5 Å². The molecule has 2 aromatic carbocycles. The Morgan fingerprint density at radius 3 is 2.26 bits per heavy atom. The molecular weight excluding hydrogens is 351 g/mol. The Bertz CT molecular complexity index is 870. The number of nitrogens with zero attached hydrogens (tertiary/aromatic N) is 2. The van der Waals surface area contributed by atoms with Crippen LogP contribution in [0.15, 0.2) is 48.5 Å². The summed E-state index contributed by atoms with van der Waals surface area (Å²) in [6, 6.07) is 12.3. The summed E-state index contributed by atoms with van der Waals surface area (Å²) in [5.41, 5.74) is 1.38. The van der Waals surface area contributed by atoms with Crippen LogP contribution in [-0.4, -0.2) is 42.4 Å². The fourth-order valence-corrected chi connectivity index (χ4v) is 2.84. The molecule has 0 atom stereocenters. The van der Waals surface area contributed by atoms with E-state index in [2.05, 4.69) is 10.6 Å². The minimum atomic E-state index is -0.476. The topological polar surface area (TPSA) is 81.8 Å². The Hall–Kier alpha value is -3.42. The van der Waals surface area contributed by atoms with Crippen LogP contribution in [0, 0.1) is 5.82 Å². The molecule has 0 unspecified atom stereocenters. The molecule has 7 nitrogen and oxygen atoms in total. The number of anilines is 3. The second-order valence-electron chi connectivity index (χ2n) is 6.11. The SMILES string of the molecule is CC(=O)Nc1ccc(NC(=O)CN2CCN(c3ccccc3F)C2=O)cc1. The highest BCUT2D eigenvalue weighted by Gasteiger charge is 2.32. The summed E-state index contributed by atoms with van der Waals surface area (Å²) in [7, 11) is 0. The molecule has 1 heterocycles. The van der Waals surface area contributed by atoms with Gasteiger partial charge in [-0.2, -0.15) is 0 Å². The van der Waals surface area contributed by atoms with E-state index in [1.54, 1.807) is 36.4 Å². The molecule has 8 heteroatoms. The van der Waals surface area contributed by atoms with E-state index in [1.807, 2.05) is 0 Å². The smallest absolute Gasteiger partial charge is 0.325 e. The van der Waals surface area contributed by atoms with Crippen molar-refractivity contribution in [3.05, 3.63) is 54.3 Å². The van der Waals surface area contributed by atoms with Crippen LogP contribution in [-0.2, 0) is 9.59 Å². The number of hydrogen-bond acceptors (Lipinski definition) is 3. The van der Waals surface area contributed by atoms with Crippen LogP contribution in [0.3, 0.4) is 0 Å². The Morgan fingerprint density at radius 2 is 1.63 bits per heavy atom. The fourth-order valence-electron chi connectivity index (χ4n) is 2.84. The van der Waals surface area contributed by atoms with Gasteiger partial charge in [0.1, 0.15) is 12.4 Å². The highest BCUT2D eigenvalue weighted by atomic mass is 19.1. The number of hydrogen-bond donors (Lipinski definition) is 2. The molecule has 140 valence electrons. The van der Waals surface area contributed by atoms with Crippen LogP contribution in [0.25, 0.3) is 0 Å². The number of amides is 4. The van der Waals surface area contributed by atoms with E-state index < -0.39 is 11.8 Å². The lowest BCUT2D eigenvalue weighted by molar-refractivity contribution is -0.116. The van der Waals surface area contributed by atoms with E-state index in [-0.39, 0.29) is 24.0 Å². The molecule has 1 fully saturated rings. The molecule has 4 amide bonds. The molecule has 3 rings (SSSR count). The first-order valence-corrected chi connectivity index (χ1v) is 8.42. The number of halogens is 1. The maximum Gasteiger partial charge on any atom is 0.325 e. The third kappa shape index (κ3) is 4.41. The van der Waals surface area contributed by atoms with E-state index >= 15 is 0 Å². The van der Waals surface area contributed by atoms with Crippen molar-refractivity contribution in [2.24, 2.45) is 0 Å². The van der Waals surface area contributed by atoms with Crippen molar-refractivity contribution in [1.82, 2.24) is 4.90 Å². The van der Waals surface area contributed by atoms with Crippen molar-refractivity contribution in [2.45, 2.75) is 6.92 Å². The zero-order valence-electron chi connectivity index (χ0n) is 14.7. The Morgan fingerprint density at radius 1 is 1.00 bits per heavy atom. The van der Waals surface area contributed by atoms with Gasteiger partial charge >= 0.3 is 6.03 Å². The maximum absolute atomic E-state index is 13.9. The van der Waals surface area contributed by atoms with E-state index in [4.69, 9.17) is 0 Å². The molecule has 1 aliphatic heterocycles. The van der Waals surface area contributed by atoms with Gasteiger partial charge in [0, 0.05) is 31.4 Å². The zero-order chi connectivity index (χ0) is 19.4. The molecular formula is C19H19FN4O3. The van der Waals surface area contributed by atoms with Crippen molar-refractivity contribution in [2.75, 3.05) is 35.2 Å². The number of rotatable bonds is 5. The lowest BCUT2D eigenvalue weighted by Gasteiger charge is -2.19.